The van der Waals surface area contributed by atoms with Crippen LogP contribution in [0.2, 0.25) is 0 Å². The lowest BCUT2D eigenvalue weighted by molar-refractivity contribution is 0.173. The fraction of sp³-hybridized carbons (Fsp3) is 0.421. The molecule has 0 spiro atoms. The Kier molecular flexibility index (Phi) is 5.54. The van der Waals surface area contributed by atoms with Crippen LogP contribution in [0.3, 0.4) is 0 Å². The molecule has 0 atom stereocenters. The number of aromatic nitrogens is 1. The average Bonchev–Trinajstić information content (AvgIpc) is 3.12. The number of para-hydroxylation sites is 1. The second-order valence-electron chi connectivity index (χ2n) is 6.05. The second kappa shape index (κ2) is 8.02. The van der Waals surface area contributed by atoms with Gasteiger partial charge in [-0.15, -0.1) is 0 Å². The van der Waals surface area contributed by atoms with Crippen LogP contribution in [-0.4, -0.2) is 24.9 Å². The standard InChI is InChI=1S/C11H16N2.C8H9NO2/c1-10-6-5-7-12-11(10)13-8-3-2-4-9-13;9-4-6-2-1-3-7-8(6)11-5-10-7/h5-7H,2-4,8-9H2,1H3;1-3H,4-5,9H2. The Morgan fingerprint density at radius 2 is 1.92 bits per heavy atom. The number of piperidine rings is 1. The van der Waals surface area contributed by atoms with E-state index in [2.05, 4.69) is 22.9 Å². The van der Waals surface area contributed by atoms with Gasteiger partial charge in [-0.05, 0) is 43.9 Å². The summed E-state index contributed by atoms with van der Waals surface area (Å²) in [5, 5.41) is 0. The van der Waals surface area contributed by atoms with Crippen molar-refractivity contribution in [2.45, 2.75) is 32.7 Å². The van der Waals surface area contributed by atoms with E-state index in [0.717, 1.165) is 17.1 Å². The zero-order chi connectivity index (χ0) is 16.8. The van der Waals surface area contributed by atoms with Crippen molar-refractivity contribution in [1.29, 1.82) is 0 Å². The number of pyridine rings is 1. The first kappa shape index (κ1) is 16.6. The van der Waals surface area contributed by atoms with Crippen molar-refractivity contribution in [1.82, 2.24) is 4.98 Å². The molecular weight excluding hydrogens is 302 g/mol. The van der Waals surface area contributed by atoms with Gasteiger partial charge in [0.25, 0.3) is 0 Å². The van der Waals surface area contributed by atoms with E-state index in [1.54, 1.807) is 0 Å². The van der Waals surface area contributed by atoms with Crippen molar-refractivity contribution >= 4 is 5.82 Å². The van der Waals surface area contributed by atoms with Gasteiger partial charge < -0.3 is 20.1 Å². The van der Waals surface area contributed by atoms with Crippen molar-refractivity contribution in [3.8, 4) is 11.5 Å². The number of hydrogen-bond acceptors (Lipinski definition) is 5. The topological polar surface area (TPSA) is 60.6 Å². The molecule has 0 aliphatic carbocycles. The number of nitrogens with two attached hydrogens (primary N) is 1. The van der Waals surface area contributed by atoms with E-state index in [1.807, 2.05) is 30.5 Å². The van der Waals surface area contributed by atoms with Crippen LogP contribution in [0.15, 0.2) is 36.5 Å². The van der Waals surface area contributed by atoms with Gasteiger partial charge in [0, 0.05) is 31.4 Å². The van der Waals surface area contributed by atoms with Crippen LogP contribution < -0.4 is 20.1 Å². The first-order valence-corrected chi connectivity index (χ1v) is 8.53. The zero-order valence-corrected chi connectivity index (χ0v) is 14.2. The van der Waals surface area contributed by atoms with Gasteiger partial charge in [0.1, 0.15) is 5.82 Å². The van der Waals surface area contributed by atoms with E-state index in [4.69, 9.17) is 15.2 Å². The van der Waals surface area contributed by atoms with Crippen LogP contribution in [0.5, 0.6) is 11.5 Å². The summed E-state index contributed by atoms with van der Waals surface area (Å²) in [4.78, 5) is 6.83. The van der Waals surface area contributed by atoms with E-state index < -0.39 is 0 Å². The highest BCUT2D eigenvalue weighted by Crippen LogP contribution is 2.34. The van der Waals surface area contributed by atoms with Crippen LogP contribution in [0, 0.1) is 6.92 Å². The molecule has 2 aliphatic rings. The lowest BCUT2D eigenvalue weighted by Gasteiger charge is -2.28. The molecule has 1 fully saturated rings. The number of anilines is 1. The van der Waals surface area contributed by atoms with Crippen molar-refractivity contribution in [3.05, 3.63) is 47.7 Å². The maximum absolute atomic E-state index is 5.49. The van der Waals surface area contributed by atoms with E-state index in [1.165, 1.54) is 43.7 Å². The summed E-state index contributed by atoms with van der Waals surface area (Å²) in [7, 11) is 0. The summed E-state index contributed by atoms with van der Waals surface area (Å²) in [5.74, 6) is 2.78. The quantitative estimate of drug-likeness (QED) is 0.917. The van der Waals surface area contributed by atoms with E-state index >= 15 is 0 Å². The third-order valence-corrected chi connectivity index (χ3v) is 4.34. The van der Waals surface area contributed by atoms with E-state index in [0.29, 0.717) is 13.3 Å². The lowest BCUT2D eigenvalue weighted by Crippen LogP contribution is -2.30. The number of rotatable bonds is 2. The lowest BCUT2D eigenvalue weighted by atomic mass is 10.1. The summed E-state index contributed by atoms with van der Waals surface area (Å²) in [6.07, 6.45) is 5.89. The van der Waals surface area contributed by atoms with Crippen LogP contribution in [0.25, 0.3) is 0 Å². The molecule has 2 aromatic rings. The molecule has 128 valence electrons. The highest BCUT2D eigenvalue weighted by molar-refractivity contribution is 5.48. The summed E-state index contributed by atoms with van der Waals surface area (Å²) >= 11 is 0. The van der Waals surface area contributed by atoms with Crippen molar-refractivity contribution in [2.75, 3.05) is 24.8 Å². The second-order valence-corrected chi connectivity index (χ2v) is 6.05. The minimum Gasteiger partial charge on any atom is -0.454 e. The Bertz CT molecular complexity index is 669. The van der Waals surface area contributed by atoms with Crippen LogP contribution in [0.1, 0.15) is 30.4 Å². The molecule has 3 heterocycles. The fourth-order valence-electron chi connectivity index (χ4n) is 3.07. The van der Waals surface area contributed by atoms with Gasteiger partial charge in [-0.3, -0.25) is 0 Å². The first-order valence-electron chi connectivity index (χ1n) is 8.53. The van der Waals surface area contributed by atoms with E-state index in [-0.39, 0.29) is 0 Å². The Labute approximate surface area is 143 Å². The number of fused-ring (bicyclic) bond motifs is 1. The SMILES string of the molecule is Cc1cccnc1N1CCCCC1.NCc1cccc2c1OCO2. The van der Waals surface area contributed by atoms with Crippen LogP contribution >= 0.6 is 0 Å². The zero-order valence-electron chi connectivity index (χ0n) is 14.2. The van der Waals surface area contributed by atoms with Crippen molar-refractivity contribution < 1.29 is 9.47 Å². The molecule has 5 nitrogen and oxygen atoms in total. The summed E-state index contributed by atoms with van der Waals surface area (Å²) in [6, 6.07) is 9.87. The van der Waals surface area contributed by atoms with Gasteiger partial charge in [-0.2, -0.15) is 0 Å². The van der Waals surface area contributed by atoms with Gasteiger partial charge in [-0.25, -0.2) is 4.98 Å². The highest BCUT2D eigenvalue weighted by Gasteiger charge is 2.15. The maximum Gasteiger partial charge on any atom is 0.231 e. The third kappa shape index (κ3) is 3.79. The summed E-state index contributed by atoms with van der Waals surface area (Å²) < 4.78 is 10.4. The predicted molar refractivity (Wildman–Crippen MR) is 95.5 cm³/mol. The Morgan fingerprint density at radius 1 is 1.08 bits per heavy atom. The molecule has 24 heavy (non-hydrogen) atoms. The molecule has 5 heteroatoms. The third-order valence-electron chi connectivity index (χ3n) is 4.34. The van der Waals surface area contributed by atoms with Crippen molar-refractivity contribution in [2.24, 2.45) is 5.73 Å². The molecule has 2 N–H and O–H groups in total. The number of aryl methyl sites for hydroxylation is 1. The molecule has 1 aromatic carbocycles. The van der Waals surface area contributed by atoms with Gasteiger partial charge >= 0.3 is 0 Å². The Balaban J connectivity index is 0.000000143. The molecule has 0 radical (unpaired) electrons. The first-order chi connectivity index (χ1) is 11.8. The highest BCUT2D eigenvalue weighted by atomic mass is 16.7. The molecule has 0 unspecified atom stereocenters. The van der Waals surface area contributed by atoms with Crippen LogP contribution in [0.4, 0.5) is 5.82 Å². The number of hydrogen-bond donors (Lipinski definition) is 1. The molecule has 0 amide bonds. The largest absolute Gasteiger partial charge is 0.454 e. The summed E-state index contributed by atoms with van der Waals surface area (Å²) in [5.41, 5.74) is 7.78. The Morgan fingerprint density at radius 3 is 2.67 bits per heavy atom. The minimum absolute atomic E-state index is 0.312. The van der Waals surface area contributed by atoms with Gasteiger partial charge in [-0.1, -0.05) is 18.2 Å². The monoisotopic (exact) mass is 327 g/mol. The normalized spacial score (nSPS) is 15.7. The smallest absolute Gasteiger partial charge is 0.231 e. The summed E-state index contributed by atoms with van der Waals surface area (Å²) in [6.45, 7) is 5.30. The van der Waals surface area contributed by atoms with Crippen molar-refractivity contribution in [3.63, 3.8) is 0 Å². The number of benzene rings is 1. The predicted octanol–water partition coefficient (Wildman–Crippen LogP) is 3.25. The van der Waals surface area contributed by atoms with Gasteiger partial charge in [0.2, 0.25) is 6.79 Å². The average molecular weight is 327 g/mol. The van der Waals surface area contributed by atoms with Gasteiger partial charge in [0.15, 0.2) is 11.5 Å². The minimum atomic E-state index is 0.312. The molecule has 0 saturated carbocycles. The molecule has 2 aliphatic heterocycles. The maximum atomic E-state index is 5.49. The van der Waals surface area contributed by atoms with Crippen LogP contribution in [-0.2, 0) is 6.54 Å². The molecule has 0 bridgehead atoms. The number of ether oxygens (including phenoxy) is 2. The van der Waals surface area contributed by atoms with E-state index in [9.17, 15) is 0 Å². The molecule has 1 saturated heterocycles. The number of nitrogens with zero attached hydrogens (tertiary/aromatic N) is 2. The van der Waals surface area contributed by atoms with Gasteiger partial charge in [0.05, 0.1) is 0 Å². The Hall–Kier alpha value is -2.27. The molecular formula is C19H25N3O2. The molecule has 1 aromatic heterocycles. The fourth-order valence-corrected chi connectivity index (χ4v) is 3.07. The molecule has 4 rings (SSSR count).